The SMILES string of the molecule is COc1ccnc(CCc2nc3cc4cc(C)ccc4nc3[nH]2)c1. The van der Waals surface area contributed by atoms with E-state index in [1.54, 1.807) is 13.3 Å². The van der Waals surface area contributed by atoms with Crippen LogP contribution >= 0.6 is 0 Å². The van der Waals surface area contributed by atoms with E-state index in [2.05, 4.69) is 45.1 Å². The molecule has 0 bridgehead atoms. The van der Waals surface area contributed by atoms with Crippen molar-refractivity contribution < 1.29 is 4.74 Å². The predicted molar refractivity (Wildman–Crippen MR) is 94.3 cm³/mol. The van der Waals surface area contributed by atoms with Crippen LogP contribution in [-0.4, -0.2) is 27.0 Å². The highest BCUT2D eigenvalue weighted by molar-refractivity contribution is 5.89. The molecule has 0 aliphatic heterocycles. The van der Waals surface area contributed by atoms with Gasteiger partial charge in [-0.15, -0.1) is 0 Å². The number of aryl methyl sites for hydroxylation is 3. The maximum atomic E-state index is 5.24. The third kappa shape index (κ3) is 2.80. The Balaban J connectivity index is 1.61. The summed E-state index contributed by atoms with van der Waals surface area (Å²) in [6.45, 7) is 2.08. The minimum Gasteiger partial charge on any atom is -0.497 e. The lowest BCUT2D eigenvalue weighted by molar-refractivity contribution is 0.413. The quantitative estimate of drug-likeness (QED) is 0.624. The van der Waals surface area contributed by atoms with Gasteiger partial charge in [-0.3, -0.25) is 4.98 Å². The number of H-pyrrole nitrogens is 1. The Morgan fingerprint density at radius 2 is 1.92 bits per heavy atom. The van der Waals surface area contributed by atoms with E-state index < -0.39 is 0 Å². The fraction of sp³-hybridized carbons (Fsp3) is 0.211. The Hall–Kier alpha value is -2.95. The molecule has 1 N–H and O–H groups in total. The summed E-state index contributed by atoms with van der Waals surface area (Å²) in [6.07, 6.45) is 3.35. The van der Waals surface area contributed by atoms with Crippen molar-refractivity contribution in [1.82, 2.24) is 19.9 Å². The van der Waals surface area contributed by atoms with Crippen LogP contribution in [0.25, 0.3) is 22.1 Å². The summed E-state index contributed by atoms with van der Waals surface area (Å²) in [5.74, 6) is 1.75. The molecule has 0 aliphatic rings. The van der Waals surface area contributed by atoms with Crippen molar-refractivity contribution in [3.05, 3.63) is 59.7 Å². The minimum absolute atomic E-state index is 0.784. The maximum Gasteiger partial charge on any atom is 0.158 e. The first-order valence-electron chi connectivity index (χ1n) is 7.96. The normalized spacial score (nSPS) is 11.2. The Bertz CT molecular complexity index is 1020. The number of nitrogens with zero attached hydrogens (tertiary/aromatic N) is 3. The molecule has 0 unspecified atom stereocenters. The first-order chi connectivity index (χ1) is 11.7. The third-order valence-corrected chi connectivity index (χ3v) is 4.11. The van der Waals surface area contributed by atoms with Crippen LogP contribution in [0.2, 0.25) is 0 Å². The van der Waals surface area contributed by atoms with Crippen LogP contribution in [0.15, 0.2) is 42.6 Å². The molecule has 3 heterocycles. The molecule has 4 aromatic rings. The highest BCUT2D eigenvalue weighted by Gasteiger charge is 2.07. The molecule has 0 fully saturated rings. The number of nitrogens with one attached hydrogen (secondary N) is 1. The van der Waals surface area contributed by atoms with Gasteiger partial charge in [-0.25, -0.2) is 9.97 Å². The van der Waals surface area contributed by atoms with Gasteiger partial charge in [0.1, 0.15) is 17.1 Å². The van der Waals surface area contributed by atoms with E-state index in [0.29, 0.717) is 0 Å². The summed E-state index contributed by atoms with van der Waals surface area (Å²) in [6, 6.07) is 12.2. The fourth-order valence-corrected chi connectivity index (χ4v) is 2.86. The van der Waals surface area contributed by atoms with E-state index >= 15 is 0 Å². The van der Waals surface area contributed by atoms with Gasteiger partial charge in [0.15, 0.2) is 5.65 Å². The smallest absolute Gasteiger partial charge is 0.158 e. The van der Waals surface area contributed by atoms with E-state index in [0.717, 1.165) is 52.2 Å². The molecule has 0 saturated heterocycles. The van der Waals surface area contributed by atoms with Gasteiger partial charge in [0.25, 0.3) is 0 Å². The van der Waals surface area contributed by atoms with Gasteiger partial charge in [-0.05, 0) is 37.6 Å². The zero-order chi connectivity index (χ0) is 16.5. The molecule has 0 atom stereocenters. The molecule has 1 aromatic carbocycles. The Labute approximate surface area is 139 Å². The van der Waals surface area contributed by atoms with Crippen molar-refractivity contribution in [2.24, 2.45) is 0 Å². The zero-order valence-electron chi connectivity index (χ0n) is 13.7. The van der Waals surface area contributed by atoms with Gasteiger partial charge in [0.2, 0.25) is 0 Å². The highest BCUT2D eigenvalue weighted by Crippen LogP contribution is 2.20. The van der Waals surface area contributed by atoms with Gasteiger partial charge < -0.3 is 9.72 Å². The summed E-state index contributed by atoms with van der Waals surface area (Å²) in [5.41, 5.74) is 4.94. The number of methoxy groups -OCH3 is 1. The van der Waals surface area contributed by atoms with E-state index in [4.69, 9.17) is 4.74 Å². The predicted octanol–water partition coefficient (Wildman–Crippen LogP) is 3.61. The Kier molecular flexibility index (Phi) is 3.61. The molecule has 0 spiro atoms. The first-order valence-corrected chi connectivity index (χ1v) is 7.96. The molecule has 0 amide bonds. The number of aromatic amines is 1. The second-order valence-electron chi connectivity index (χ2n) is 5.92. The van der Waals surface area contributed by atoms with E-state index in [1.807, 2.05) is 18.2 Å². The number of rotatable bonds is 4. The number of hydrogen-bond donors (Lipinski definition) is 1. The molecule has 4 rings (SSSR count). The van der Waals surface area contributed by atoms with E-state index in [9.17, 15) is 0 Å². The van der Waals surface area contributed by atoms with Crippen molar-refractivity contribution in [3.63, 3.8) is 0 Å². The van der Waals surface area contributed by atoms with Crippen LogP contribution in [0.1, 0.15) is 17.1 Å². The maximum absolute atomic E-state index is 5.24. The van der Waals surface area contributed by atoms with E-state index in [1.165, 1.54) is 5.56 Å². The lowest BCUT2D eigenvalue weighted by Crippen LogP contribution is -1.96. The van der Waals surface area contributed by atoms with Crippen molar-refractivity contribution in [1.29, 1.82) is 0 Å². The number of hydrogen-bond acceptors (Lipinski definition) is 4. The van der Waals surface area contributed by atoms with Crippen molar-refractivity contribution >= 4 is 22.1 Å². The van der Waals surface area contributed by atoms with Crippen LogP contribution in [-0.2, 0) is 12.8 Å². The molecular weight excluding hydrogens is 300 g/mol. The Morgan fingerprint density at radius 1 is 1.00 bits per heavy atom. The van der Waals surface area contributed by atoms with Gasteiger partial charge in [-0.1, -0.05) is 11.6 Å². The summed E-state index contributed by atoms with van der Waals surface area (Å²) in [5, 5.41) is 1.12. The summed E-state index contributed by atoms with van der Waals surface area (Å²) in [7, 11) is 1.66. The highest BCUT2D eigenvalue weighted by atomic mass is 16.5. The lowest BCUT2D eigenvalue weighted by atomic mass is 10.1. The molecule has 24 heavy (non-hydrogen) atoms. The standard InChI is InChI=1S/C19H18N4O/c1-12-3-5-16-13(9-12)10-17-19(22-16)23-18(21-17)6-4-14-11-15(24-2)7-8-20-14/h3,5,7-11H,4,6H2,1-2H3,(H,21,22,23). The zero-order valence-corrected chi connectivity index (χ0v) is 13.7. The number of imidazole rings is 1. The van der Waals surface area contributed by atoms with Gasteiger partial charge in [0, 0.05) is 29.8 Å². The van der Waals surface area contributed by atoms with Gasteiger partial charge in [0.05, 0.1) is 12.6 Å². The first kappa shape index (κ1) is 14.6. The molecule has 3 aromatic heterocycles. The number of benzene rings is 1. The molecule has 5 heteroatoms. The largest absolute Gasteiger partial charge is 0.497 e. The molecule has 0 radical (unpaired) electrons. The number of fused-ring (bicyclic) bond motifs is 2. The summed E-state index contributed by atoms with van der Waals surface area (Å²) in [4.78, 5) is 17.0. The second-order valence-corrected chi connectivity index (χ2v) is 5.92. The monoisotopic (exact) mass is 318 g/mol. The number of aromatic nitrogens is 4. The molecule has 5 nitrogen and oxygen atoms in total. The minimum atomic E-state index is 0.784. The van der Waals surface area contributed by atoms with Gasteiger partial charge in [-0.2, -0.15) is 0 Å². The average molecular weight is 318 g/mol. The molecular formula is C19H18N4O. The van der Waals surface area contributed by atoms with Crippen LogP contribution in [0.5, 0.6) is 5.75 Å². The van der Waals surface area contributed by atoms with Crippen LogP contribution in [0, 0.1) is 6.92 Å². The van der Waals surface area contributed by atoms with Crippen LogP contribution in [0.4, 0.5) is 0 Å². The number of ether oxygens (including phenoxy) is 1. The molecule has 0 aliphatic carbocycles. The second kappa shape index (κ2) is 5.92. The summed E-state index contributed by atoms with van der Waals surface area (Å²) >= 11 is 0. The lowest BCUT2D eigenvalue weighted by Gasteiger charge is -2.02. The van der Waals surface area contributed by atoms with Crippen LogP contribution < -0.4 is 4.74 Å². The van der Waals surface area contributed by atoms with Crippen LogP contribution in [0.3, 0.4) is 0 Å². The van der Waals surface area contributed by atoms with Crippen molar-refractivity contribution in [3.8, 4) is 5.75 Å². The van der Waals surface area contributed by atoms with Crippen molar-refractivity contribution in [2.75, 3.05) is 7.11 Å². The Morgan fingerprint density at radius 3 is 2.79 bits per heavy atom. The molecule has 0 saturated carbocycles. The van der Waals surface area contributed by atoms with E-state index in [-0.39, 0.29) is 0 Å². The topological polar surface area (TPSA) is 63.7 Å². The third-order valence-electron chi connectivity index (χ3n) is 4.11. The average Bonchev–Trinajstić information content (AvgIpc) is 2.99. The van der Waals surface area contributed by atoms with Crippen molar-refractivity contribution in [2.45, 2.75) is 19.8 Å². The van der Waals surface area contributed by atoms with Gasteiger partial charge >= 0.3 is 0 Å². The number of pyridine rings is 2. The summed E-state index contributed by atoms with van der Waals surface area (Å²) < 4.78 is 5.24. The fourth-order valence-electron chi connectivity index (χ4n) is 2.86. The molecule has 120 valence electrons.